The molecule has 6 heteroatoms. The Balaban J connectivity index is 1.95. The molecule has 0 atom stereocenters. The number of carbonyl (C=O) groups is 1. The van der Waals surface area contributed by atoms with E-state index in [1.807, 2.05) is 12.1 Å². The van der Waals surface area contributed by atoms with E-state index < -0.39 is 0 Å². The number of rotatable bonds is 2. The first kappa shape index (κ1) is 11.2. The van der Waals surface area contributed by atoms with Gasteiger partial charge in [0.1, 0.15) is 0 Å². The van der Waals surface area contributed by atoms with E-state index in [2.05, 4.69) is 20.5 Å². The van der Waals surface area contributed by atoms with E-state index in [1.165, 1.54) is 6.20 Å². The van der Waals surface area contributed by atoms with Crippen LogP contribution in [0.5, 0.6) is 0 Å². The Labute approximate surface area is 108 Å². The number of benzene rings is 1. The Kier molecular flexibility index (Phi) is 2.60. The first-order valence-corrected chi connectivity index (χ1v) is 5.69. The van der Waals surface area contributed by atoms with Crippen molar-refractivity contribution in [1.29, 1.82) is 0 Å². The summed E-state index contributed by atoms with van der Waals surface area (Å²) < 4.78 is 0. The predicted octanol–water partition coefficient (Wildman–Crippen LogP) is 1.79. The van der Waals surface area contributed by atoms with Crippen molar-refractivity contribution < 1.29 is 4.79 Å². The highest BCUT2D eigenvalue weighted by molar-refractivity contribution is 6.09. The third kappa shape index (κ3) is 1.99. The fraction of sp³-hybridized carbons (Fsp3) is 0. The zero-order valence-corrected chi connectivity index (χ0v) is 9.92. The molecule has 0 aliphatic rings. The first-order chi connectivity index (χ1) is 9.25. The zero-order valence-electron chi connectivity index (χ0n) is 9.92. The molecule has 0 bridgehead atoms. The molecule has 0 saturated heterocycles. The summed E-state index contributed by atoms with van der Waals surface area (Å²) in [5, 5.41) is 10.4. The van der Waals surface area contributed by atoms with Crippen LogP contribution in [0.15, 0.2) is 42.7 Å². The van der Waals surface area contributed by atoms with Gasteiger partial charge >= 0.3 is 0 Å². The summed E-state index contributed by atoms with van der Waals surface area (Å²) in [5.74, 6) is -0.341. The monoisotopic (exact) mass is 253 g/mol. The van der Waals surface area contributed by atoms with Crippen molar-refractivity contribution in [2.45, 2.75) is 0 Å². The SMILES string of the molecule is Nc1cccnc1C(=O)Nc1cccc2[nH]ncc12. The minimum absolute atomic E-state index is 0.211. The summed E-state index contributed by atoms with van der Waals surface area (Å²) in [6.07, 6.45) is 3.19. The fourth-order valence-electron chi connectivity index (χ4n) is 1.87. The lowest BCUT2D eigenvalue weighted by molar-refractivity contribution is 0.102. The molecular formula is C13H11N5O. The average molecular weight is 253 g/mol. The van der Waals surface area contributed by atoms with Crippen molar-refractivity contribution >= 4 is 28.2 Å². The van der Waals surface area contributed by atoms with Crippen molar-refractivity contribution in [2.24, 2.45) is 0 Å². The van der Waals surface area contributed by atoms with Crippen LogP contribution < -0.4 is 11.1 Å². The van der Waals surface area contributed by atoms with Crippen LogP contribution in [-0.4, -0.2) is 21.1 Å². The highest BCUT2D eigenvalue weighted by Gasteiger charge is 2.12. The van der Waals surface area contributed by atoms with Gasteiger partial charge in [-0.15, -0.1) is 0 Å². The molecule has 2 aromatic heterocycles. The maximum Gasteiger partial charge on any atom is 0.276 e. The van der Waals surface area contributed by atoms with E-state index >= 15 is 0 Å². The van der Waals surface area contributed by atoms with Gasteiger partial charge in [0.15, 0.2) is 5.69 Å². The largest absolute Gasteiger partial charge is 0.397 e. The number of nitrogens with zero attached hydrogens (tertiary/aromatic N) is 2. The molecule has 0 aliphatic heterocycles. The van der Waals surface area contributed by atoms with E-state index in [9.17, 15) is 4.79 Å². The van der Waals surface area contributed by atoms with Gasteiger partial charge in [-0.3, -0.25) is 9.89 Å². The van der Waals surface area contributed by atoms with Gasteiger partial charge in [0.2, 0.25) is 0 Å². The maximum atomic E-state index is 12.1. The molecule has 4 N–H and O–H groups in total. The van der Waals surface area contributed by atoms with Gasteiger partial charge in [0.25, 0.3) is 5.91 Å². The number of anilines is 2. The van der Waals surface area contributed by atoms with Crippen LogP contribution >= 0.6 is 0 Å². The topological polar surface area (TPSA) is 96.7 Å². The molecule has 1 aromatic carbocycles. The van der Waals surface area contributed by atoms with Crippen LogP contribution in [0.25, 0.3) is 10.9 Å². The van der Waals surface area contributed by atoms with E-state index in [0.717, 1.165) is 10.9 Å². The summed E-state index contributed by atoms with van der Waals surface area (Å²) in [7, 11) is 0. The molecule has 3 rings (SSSR count). The van der Waals surface area contributed by atoms with Crippen LogP contribution in [0, 0.1) is 0 Å². The van der Waals surface area contributed by atoms with Crippen LogP contribution in [0.3, 0.4) is 0 Å². The minimum Gasteiger partial charge on any atom is -0.397 e. The average Bonchev–Trinajstić information content (AvgIpc) is 2.88. The van der Waals surface area contributed by atoms with Gasteiger partial charge < -0.3 is 11.1 Å². The number of aromatic nitrogens is 3. The lowest BCUT2D eigenvalue weighted by Gasteiger charge is -2.07. The quantitative estimate of drug-likeness (QED) is 0.648. The number of nitrogens with one attached hydrogen (secondary N) is 2. The fourth-order valence-corrected chi connectivity index (χ4v) is 1.87. The van der Waals surface area contributed by atoms with Gasteiger partial charge in [-0.2, -0.15) is 5.10 Å². The highest BCUT2D eigenvalue weighted by Crippen LogP contribution is 2.22. The molecule has 0 spiro atoms. The maximum absolute atomic E-state index is 12.1. The van der Waals surface area contributed by atoms with E-state index in [-0.39, 0.29) is 11.6 Å². The number of pyridine rings is 1. The molecular weight excluding hydrogens is 242 g/mol. The van der Waals surface area contributed by atoms with Gasteiger partial charge in [0.05, 0.1) is 23.1 Å². The van der Waals surface area contributed by atoms with Gasteiger partial charge in [-0.05, 0) is 24.3 Å². The second kappa shape index (κ2) is 4.41. The molecule has 6 nitrogen and oxygen atoms in total. The number of carbonyl (C=O) groups excluding carboxylic acids is 1. The Morgan fingerprint density at radius 1 is 1.26 bits per heavy atom. The van der Waals surface area contributed by atoms with E-state index in [4.69, 9.17) is 5.73 Å². The van der Waals surface area contributed by atoms with Crippen molar-refractivity contribution in [3.8, 4) is 0 Å². The molecule has 19 heavy (non-hydrogen) atoms. The smallest absolute Gasteiger partial charge is 0.276 e. The number of amides is 1. The number of fused-ring (bicyclic) bond motifs is 1. The Morgan fingerprint density at radius 2 is 2.16 bits per heavy atom. The number of hydrogen-bond donors (Lipinski definition) is 3. The Hall–Kier alpha value is -2.89. The predicted molar refractivity (Wildman–Crippen MR) is 72.7 cm³/mol. The summed E-state index contributed by atoms with van der Waals surface area (Å²) in [6, 6.07) is 8.84. The molecule has 94 valence electrons. The molecule has 2 heterocycles. The second-order valence-electron chi connectivity index (χ2n) is 4.03. The Morgan fingerprint density at radius 3 is 3.00 bits per heavy atom. The zero-order chi connectivity index (χ0) is 13.2. The second-order valence-corrected chi connectivity index (χ2v) is 4.03. The number of nitrogens with two attached hydrogens (primary N) is 1. The number of aromatic amines is 1. The Bertz CT molecular complexity index is 749. The molecule has 3 aromatic rings. The van der Waals surface area contributed by atoms with E-state index in [1.54, 1.807) is 24.4 Å². The number of nitrogen functional groups attached to an aromatic ring is 1. The summed E-state index contributed by atoms with van der Waals surface area (Å²) in [4.78, 5) is 16.1. The van der Waals surface area contributed by atoms with Gasteiger partial charge in [0, 0.05) is 11.6 Å². The molecule has 1 amide bonds. The summed E-state index contributed by atoms with van der Waals surface area (Å²) in [6.45, 7) is 0. The third-order valence-corrected chi connectivity index (χ3v) is 2.79. The van der Waals surface area contributed by atoms with Crippen LogP contribution in [0.1, 0.15) is 10.5 Å². The normalized spacial score (nSPS) is 10.5. The van der Waals surface area contributed by atoms with Gasteiger partial charge in [-0.1, -0.05) is 6.07 Å². The molecule has 0 aliphatic carbocycles. The summed E-state index contributed by atoms with van der Waals surface area (Å²) in [5.41, 5.74) is 7.81. The lowest BCUT2D eigenvalue weighted by Crippen LogP contribution is -2.15. The van der Waals surface area contributed by atoms with Crippen molar-refractivity contribution in [1.82, 2.24) is 15.2 Å². The van der Waals surface area contributed by atoms with Crippen molar-refractivity contribution in [3.63, 3.8) is 0 Å². The third-order valence-electron chi connectivity index (χ3n) is 2.79. The van der Waals surface area contributed by atoms with E-state index in [0.29, 0.717) is 11.4 Å². The van der Waals surface area contributed by atoms with Crippen molar-refractivity contribution in [2.75, 3.05) is 11.1 Å². The summed E-state index contributed by atoms with van der Waals surface area (Å²) >= 11 is 0. The number of H-pyrrole nitrogens is 1. The van der Waals surface area contributed by atoms with Crippen LogP contribution in [0.4, 0.5) is 11.4 Å². The first-order valence-electron chi connectivity index (χ1n) is 5.69. The molecule has 0 unspecified atom stereocenters. The lowest BCUT2D eigenvalue weighted by atomic mass is 10.2. The molecule has 0 radical (unpaired) electrons. The molecule has 0 saturated carbocycles. The minimum atomic E-state index is -0.341. The standard InChI is InChI=1S/C13H11N5O/c14-9-3-2-6-15-12(9)13(19)17-10-4-1-5-11-8(10)7-16-18-11/h1-7H,14H2,(H,16,18)(H,17,19). The van der Waals surface area contributed by atoms with Crippen LogP contribution in [-0.2, 0) is 0 Å². The number of hydrogen-bond acceptors (Lipinski definition) is 4. The van der Waals surface area contributed by atoms with Gasteiger partial charge in [-0.25, -0.2) is 4.98 Å². The van der Waals surface area contributed by atoms with Crippen LogP contribution in [0.2, 0.25) is 0 Å². The highest BCUT2D eigenvalue weighted by atomic mass is 16.1. The van der Waals surface area contributed by atoms with Crippen molar-refractivity contribution in [3.05, 3.63) is 48.4 Å². The molecule has 0 fully saturated rings.